The maximum absolute atomic E-state index is 12.9. The summed E-state index contributed by atoms with van der Waals surface area (Å²) in [6.45, 7) is 3.00. The van der Waals surface area contributed by atoms with Crippen LogP contribution in [0.2, 0.25) is 0 Å². The summed E-state index contributed by atoms with van der Waals surface area (Å²) >= 11 is 0. The van der Waals surface area contributed by atoms with Crippen LogP contribution < -0.4 is 5.32 Å². The summed E-state index contributed by atoms with van der Waals surface area (Å²) in [6, 6.07) is 6.28. The Morgan fingerprint density at radius 3 is 2.80 bits per heavy atom. The Morgan fingerprint density at radius 1 is 1.23 bits per heavy atom. The van der Waals surface area contributed by atoms with Crippen molar-refractivity contribution in [1.82, 2.24) is 24.6 Å². The maximum Gasteiger partial charge on any atom is 0.433 e. The average Bonchev–Trinajstić information content (AvgIpc) is 3.31. The zero-order valence-corrected chi connectivity index (χ0v) is 15.8. The number of benzene rings is 1. The minimum atomic E-state index is -4.55. The molecule has 1 aliphatic rings. The zero-order valence-electron chi connectivity index (χ0n) is 15.8. The van der Waals surface area contributed by atoms with E-state index in [1.165, 1.54) is 4.90 Å². The van der Waals surface area contributed by atoms with E-state index in [2.05, 4.69) is 20.4 Å². The lowest BCUT2D eigenvalue weighted by Crippen LogP contribution is -2.27. The van der Waals surface area contributed by atoms with Gasteiger partial charge in [-0.2, -0.15) is 18.3 Å². The molecular weight excluding hydrogens is 401 g/mol. The summed E-state index contributed by atoms with van der Waals surface area (Å²) in [5, 5.41) is 7.09. The molecule has 4 rings (SSSR count). The number of aryl methyl sites for hydroxylation is 1. The molecule has 1 saturated heterocycles. The monoisotopic (exact) mass is 418 g/mol. The molecule has 1 aliphatic heterocycles. The lowest BCUT2D eigenvalue weighted by Gasteiger charge is -2.12. The van der Waals surface area contributed by atoms with Crippen molar-refractivity contribution >= 4 is 17.7 Å². The van der Waals surface area contributed by atoms with E-state index in [1.54, 1.807) is 29.2 Å². The van der Waals surface area contributed by atoms with Gasteiger partial charge in [-0.05, 0) is 36.2 Å². The molecule has 3 heterocycles. The quantitative estimate of drug-likeness (QED) is 0.678. The molecule has 0 atom stereocenters. The van der Waals surface area contributed by atoms with Gasteiger partial charge in [0.2, 0.25) is 5.95 Å². The van der Waals surface area contributed by atoms with E-state index in [0.29, 0.717) is 18.8 Å². The van der Waals surface area contributed by atoms with E-state index < -0.39 is 11.9 Å². The van der Waals surface area contributed by atoms with Gasteiger partial charge in [0, 0.05) is 23.6 Å². The molecule has 3 aromatic rings. The second-order valence-corrected chi connectivity index (χ2v) is 6.76. The summed E-state index contributed by atoms with van der Waals surface area (Å²) in [4.78, 5) is 20.5. The minimum Gasteiger partial charge on any atom is -0.447 e. The third-order valence-electron chi connectivity index (χ3n) is 4.41. The molecule has 0 saturated carbocycles. The fraction of sp³-hybridized carbons (Fsp3) is 0.263. The number of aromatic nitrogens is 4. The topological polar surface area (TPSA) is 85.2 Å². The molecule has 1 aromatic carbocycles. The van der Waals surface area contributed by atoms with Crippen LogP contribution in [0.4, 0.5) is 29.6 Å². The SMILES string of the molecule is Cc1cc(Nc2nccc(C(F)(F)F)n2)cc(-c2cnn(CN3CCOC3=O)c2)c1. The Labute approximate surface area is 169 Å². The first-order valence-electron chi connectivity index (χ1n) is 9.01. The number of amides is 1. The van der Waals surface area contributed by atoms with Crippen molar-refractivity contribution in [3.05, 3.63) is 54.1 Å². The number of halogens is 3. The zero-order chi connectivity index (χ0) is 21.3. The van der Waals surface area contributed by atoms with Crippen LogP contribution in [0.5, 0.6) is 0 Å². The standard InChI is InChI=1S/C19H17F3N6O2/c1-12-6-13(14-9-24-28(10-14)11-27-4-5-30-18(27)29)8-15(7-12)25-17-23-3-2-16(26-17)19(20,21)22/h2-3,6-10H,4-5,11H2,1H3,(H,23,25,26). The van der Waals surface area contributed by atoms with E-state index in [-0.39, 0.29) is 18.7 Å². The highest BCUT2D eigenvalue weighted by atomic mass is 19.4. The van der Waals surface area contributed by atoms with Crippen LogP contribution in [0, 0.1) is 6.92 Å². The maximum atomic E-state index is 12.9. The van der Waals surface area contributed by atoms with Gasteiger partial charge in [0.15, 0.2) is 0 Å². The van der Waals surface area contributed by atoms with Gasteiger partial charge in [-0.15, -0.1) is 0 Å². The molecule has 0 spiro atoms. The summed E-state index contributed by atoms with van der Waals surface area (Å²) in [6.07, 6.45) is -0.434. The van der Waals surface area contributed by atoms with E-state index in [9.17, 15) is 18.0 Å². The Bertz CT molecular complexity index is 1080. The molecule has 0 radical (unpaired) electrons. The van der Waals surface area contributed by atoms with Gasteiger partial charge in [0.25, 0.3) is 0 Å². The Hall–Kier alpha value is -3.63. The first kappa shape index (κ1) is 19.7. The highest BCUT2D eigenvalue weighted by Gasteiger charge is 2.32. The summed E-state index contributed by atoms with van der Waals surface area (Å²) < 4.78 is 45.1. The highest BCUT2D eigenvalue weighted by molar-refractivity contribution is 5.70. The number of anilines is 2. The third-order valence-corrected chi connectivity index (χ3v) is 4.41. The molecule has 1 N–H and O–H groups in total. The van der Waals surface area contributed by atoms with Gasteiger partial charge in [0.05, 0.1) is 12.7 Å². The highest BCUT2D eigenvalue weighted by Crippen LogP contribution is 2.29. The summed E-state index contributed by atoms with van der Waals surface area (Å²) in [5.41, 5.74) is 2.01. The lowest BCUT2D eigenvalue weighted by molar-refractivity contribution is -0.141. The fourth-order valence-corrected chi connectivity index (χ4v) is 3.05. The van der Waals surface area contributed by atoms with Gasteiger partial charge in [-0.1, -0.05) is 6.07 Å². The van der Waals surface area contributed by atoms with Crippen molar-refractivity contribution in [2.24, 2.45) is 0 Å². The smallest absolute Gasteiger partial charge is 0.433 e. The van der Waals surface area contributed by atoms with Crippen molar-refractivity contribution in [1.29, 1.82) is 0 Å². The minimum absolute atomic E-state index is 0.149. The number of carbonyl (C=O) groups is 1. The molecule has 156 valence electrons. The average molecular weight is 418 g/mol. The van der Waals surface area contributed by atoms with Crippen molar-refractivity contribution in [3.63, 3.8) is 0 Å². The Kier molecular flexibility index (Phi) is 5.02. The fourth-order valence-electron chi connectivity index (χ4n) is 3.05. The van der Waals surface area contributed by atoms with Crippen LogP contribution >= 0.6 is 0 Å². The van der Waals surface area contributed by atoms with E-state index >= 15 is 0 Å². The number of cyclic esters (lactones) is 1. The summed E-state index contributed by atoms with van der Waals surface area (Å²) in [5.74, 6) is -0.149. The van der Waals surface area contributed by atoms with Crippen molar-refractivity contribution < 1.29 is 22.7 Å². The van der Waals surface area contributed by atoms with Gasteiger partial charge >= 0.3 is 12.3 Å². The van der Waals surface area contributed by atoms with E-state index in [1.807, 2.05) is 13.0 Å². The molecule has 2 aromatic heterocycles. The number of nitrogens with zero attached hydrogens (tertiary/aromatic N) is 5. The van der Waals surface area contributed by atoms with Crippen LogP contribution in [-0.2, 0) is 17.6 Å². The Morgan fingerprint density at radius 2 is 2.07 bits per heavy atom. The number of hydrogen-bond donors (Lipinski definition) is 1. The van der Waals surface area contributed by atoms with Crippen molar-refractivity contribution in [2.75, 3.05) is 18.5 Å². The Balaban J connectivity index is 1.55. The lowest BCUT2D eigenvalue weighted by atomic mass is 10.1. The predicted octanol–water partition coefficient (Wildman–Crippen LogP) is 3.82. The molecule has 0 aliphatic carbocycles. The number of nitrogens with one attached hydrogen (secondary N) is 1. The van der Waals surface area contributed by atoms with Gasteiger partial charge < -0.3 is 10.1 Å². The largest absolute Gasteiger partial charge is 0.447 e. The second kappa shape index (κ2) is 7.65. The number of carbonyl (C=O) groups excluding carboxylic acids is 1. The predicted molar refractivity (Wildman–Crippen MR) is 101 cm³/mol. The second-order valence-electron chi connectivity index (χ2n) is 6.76. The van der Waals surface area contributed by atoms with E-state index in [4.69, 9.17) is 4.74 Å². The first-order chi connectivity index (χ1) is 14.3. The molecule has 8 nitrogen and oxygen atoms in total. The van der Waals surface area contributed by atoms with Crippen LogP contribution in [0.3, 0.4) is 0 Å². The number of hydrogen-bond acceptors (Lipinski definition) is 6. The van der Waals surface area contributed by atoms with Gasteiger partial charge in [0.1, 0.15) is 19.0 Å². The van der Waals surface area contributed by atoms with Gasteiger partial charge in [-0.3, -0.25) is 9.58 Å². The molecule has 30 heavy (non-hydrogen) atoms. The normalized spacial score (nSPS) is 14.1. The molecule has 1 amide bonds. The third kappa shape index (κ3) is 4.34. The molecule has 0 bridgehead atoms. The molecule has 1 fully saturated rings. The number of ether oxygens (including phenoxy) is 1. The molecule has 11 heteroatoms. The summed E-state index contributed by atoms with van der Waals surface area (Å²) in [7, 11) is 0. The van der Waals surface area contributed by atoms with Crippen molar-refractivity contribution in [3.8, 4) is 11.1 Å². The first-order valence-corrected chi connectivity index (χ1v) is 9.01. The van der Waals surface area contributed by atoms with Crippen LogP contribution in [0.15, 0.2) is 42.9 Å². The molecule has 0 unspecified atom stereocenters. The number of alkyl halides is 3. The van der Waals surface area contributed by atoms with Crippen LogP contribution in [0.25, 0.3) is 11.1 Å². The van der Waals surface area contributed by atoms with Crippen LogP contribution in [-0.4, -0.2) is 43.9 Å². The van der Waals surface area contributed by atoms with Crippen molar-refractivity contribution in [2.45, 2.75) is 19.8 Å². The van der Waals surface area contributed by atoms with Gasteiger partial charge in [-0.25, -0.2) is 14.8 Å². The molecular formula is C19H17F3N6O2. The van der Waals surface area contributed by atoms with E-state index in [0.717, 1.165) is 29.0 Å². The number of rotatable bonds is 5. The van der Waals surface area contributed by atoms with Crippen LogP contribution in [0.1, 0.15) is 11.3 Å².